The van der Waals surface area contributed by atoms with E-state index in [1.54, 1.807) is 4.90 Å². The van der Waals surface area contributed by atoms with Crippen molar-refractivity contribution in [2.24, 2.45) is 0 Å². The molecule has 4 nitrogen and oxygen atoms in total. The zero-order valence-corrected chi connectivity index (χ0v) is 12.4. The molecule has 2 aliphatic rings. The molecule has 122 valence electrons. The molecule has 2 saturated heterocycles. The minimum atomic E-state index is -4.36. The number of aromatic nitrogens is 1. The Morgan fingerprint density at radius 1 is 1.09 bits per heavy atom. The van der Waals surface area contributed by atoms with E-state index in [-0.39, 0.29) is 5.82 Å². The zero-order chi connectivity index (χ0) is 15.6. The molecule has 0 radical (unpaired) electrons. The summed E-state index contributed by atoms with van der Waals surface area (Å²) < 4.78 is 44.6. The number of piperazine rings is 1. The van der Waals surface area contributed by atoms with E-state index in [4.69, 9.17) is 4.74 Å². The summed E-state index contributed by atoms with van der Waals surface area (Å²) >= 11 is 0. The summed E-state index contributed by atoms with van der Waals surface area (Å²) in [5, 5.41) is 0. The van der Waals surface area contributed by atoms with Crippen molar-refractivity contribution in [3.63, 3.8) is 0 Å². The molecule has 1 aromatic rings. The predicted molar refractivity (Wildman–Crippen MR) is 76.9 cm³/mol. The Labute approximate surface area is 127 Å². The van der Waals surface area contributed by atoms with Gasteiger partial charge in [0, 0.05) is 51.6 Å². The van der Waals surface area contributed by atoms with Crippen LogP contribution >= 0.6 is 0 Å². The number of hydrogen-bond donors (Lipinski definition) is 0. The third-order valence-corrected chi connectivity index (χ3v) is 4.41. The lowest BCUT2D eigenvalue weighted by atomic mass is 10.1. The van der Waals surface area contributed by atoms with Gasteiger partial charge >= 0.3 is 6.18 Å². The van der Waals surface area contributed by atoms with Crippen LogP contribution in [0, 0.1) is 0 Å². The van der Waals surface area contributed by atoms with Gasteiger partial charge in [-0.2, -0.15) is 13.2 Å². The highest BCUT2D eigenvalue weighted by atomic mass is 19.4. The Morgan fingerprint density at radius 3 is 2.41 bits per heavy atom. The fraction of sp³-hybridized carbons (Fsp3) is 0.667. The van der Waals surface area contributed by atoms with Crippen LogP contribution in [0.15, 0.2) is 18.3 Å². The Bertz CT molecular complexity index is 495. The van der Waals surface area contributed by atoms with Gasteiger partial charge in [-0.1, -0.05) is 0 Å². The largest absolute Gasteiger partial charge is 0.419 e. The Hall–Kier alpha value is -1.34. The molecule has 0 atom stereocenters. The average molecular weight is 315 g/mol. The SMILES string of the molecule is FC(F)(F)c1cccnc1N1CCN(C2CCOCC2)CC1. The fourth-order valence-electron chi connectivity index (χ4n) is 3.22. The highest BCUT2D eigenvalue weighted by Gasteiger charge is 2.36. The maximum Gasteiger partial charge on any atom is 0.419 e. The molecule has 7 heteroatoms. The van der Waals surface area contributed by atoms with E-state index in [9.17, 15) is 13.2 Å². The number of anilines is 1. The van der Waals surface area contributed by atoms with Crippen LogP contribution in [0.5, 0.6) is 0 Å². The van der Waals surface area contributed by atoms with Gasteiger partial charge in [0.05, 0.1) is 5.56 Å². The molecule has 0 aliphatic carbocycles. The quantitative estimate of drug-likeness (QED) is 0.838. The summed E-state index contributed by atoms with van der Waals surface area (Å²) in [4.78, 5) is 8.09. The van der Waals surface area contributed by atoms with Gasteiger partial charge in [0.25, 0.3) is 0 Å². The molecule has 0 saturated carbocycles. The Balaban J connectivity index is 1.66. The van der Waals surface area contributed by atoms with Crippen molar-refractivity contribution in [1.82, 2.24) is 9.88 Å². The van der Waals surface area contributed by atoms with Crippen molar-refractivity contribution >= 4 is 5.82 Å². The summed E-state index contributed by atoms with van der Waals surface area (Å²) in [7, 11) is 0. The number of pyridine rings is 1. The molecule has 0 bridgehead atoms. The lowest BCUT2D eigenvalue weighted by Gasteiger charge is -2.41. The van der Waals surface area contributed by atoms with E-state index in [1.165, 1.54) is 12.3 Å². The first kappa shape index (κ1) is 15.6. The van der Waals surface area contributed by atoms with Gasteiger partial charge in [-0.15, -0.1) is 0 Å². The molecule has 0 amide bonds. The monoisotopic (exact) mass is 315 g/mol. The van der Waals surface area contributed by atoms with Crippen molar-refractivity contribution in [2.75, 3.05) is 44.3 Å². The third-order valence-electron chi connectivity index (χ3n) is 4.41. The fourth-order valence-corrected chi connectivity index (χ4v) is 3.22. The summed E-state index contributed by atoms with van der Waals surface area (Å²) in [6.45, 7) is 4.28. The molecule has 2 aliphatic heterocycles. The smallest absolute Gasteiger partial charge is 0.381 e. The molecule has 0 spiro atoms. The van der Waals surface area contributed by atoms with Crippen LogP contribution in [0.4, 0.5) is 19.0 Å². The summed E-state index contributed by atoms with van der Waals surface area (Å²) in [6.07, 6.45) is -0.911. The predicted octanol–water partition coefficient (Wildman–Crippen LogP) is 2.40. The van der Waals surface area contributed by atoms with Gasteiger partial charge in [-0.3, -0.25) is 4.90 Å². The second kappa shape index (κ2) is 6.42. The summed E-state index contributed by atoms with van der Waals surface area (Å²) in [6, 6.07) is 2.94. The number of hydrogen-bond acceptors (Lipinski definition) is 4. The number of halogens is 3. The first-order valence-electron chi connectivity index (χ1n) is 7.64. The Morgan fingerprint density at radius 2 is 1.77 bits per heavy atom. The molecule has 22 heavy (non-hydrogen) atoms. The van der Waals surface area contributed by atoms with E-state index in [1.807, 2.05) is 0 Å². The van der Waals surface area contributed by atoms with Gasteiger partial charge in [0.2, 0.25) is 0 Å². The van der Waals surface area contributed by atoms with Crippen LogP contribution in [-0.2, 0) is 10.9 Å². The molecule has 3 heterocycles. The molecule has 0 N–H and O–H groups in total. The number of nitrogens with zero attached hydrogens (tertiary/aromatic N) is 3. The van der Waals surface area contributed by atoms with E-state index in [2.05, 4.69) is 9.88 Å². The van der Waals surface area contributed by atoms with Crippen molar-refractivity contribution in [3.8, 4) is 0 Å². The van der Waals surface area contributed by atoms with Crippen LogP contribution in [0.25, 0.3) is 0 Å². The van der Waals surface area contributed by atoms with Gasteiger partial charge in [-0.25, -0.2) is 4.98 Å². The molecule has 0 unspecified atom stereocenters. The lowest BCUT2D eigenvalue weighted by molar-refractivity contribution is -0.137. The topological polar surface area (TPSA) is 28.6 Å². The average Bonchev–Trinajstić information content (AvgIpc) is 2.55. The maximum absolute atomic E-state index is 13.1. The lowest BCUT2D eigenvalue weighted by Crippen LogP contribution is -2.52. The van der Waals surface area contributed by atoms with E-state index >= 15 is 0 Å². The highest BCUT2D eigenvalue weighted by molar-refractivity contribution is 5.48. The molecule has 2 fully saturated rings. The standard InChI is InChI=1S/C15H20F3N3O/c16-15(17,18)13-2-1-5-19-14(13)21-8-6-20(7-9-21)12-3-10-22-11-4-12/h1-2,5,12H,3-4,6-11H2. The van der Waals surface area contributed by atoms with Crippen molar-refractivity contribution < 1.29 is 17.9 Å². The van der Waals surface area contributed by atoms with E-state index in [0.717, 1.165) is 45.2 Å². The first-order valence-corrected chi connectivity index (χ1v) is 7.64. The summed E-state index contributed by atoms with van der Waals surface area (Å²) in [5.74, 6) is 0.0571. The molecular weight excluding hydrogens is 295 g/mol. The van der Waals surface area contributed by atoms with Crippen molar-refractivity contribution in [2.45, 2.75) is 25.1 Å². The normalized spacial score (nSPS) is 22.0. The third kappa shape index (κ3) is 3.35. The first-order chi connectivity index (χ1) is 10.6. The zero-order valence-electron chi connectivity index (χ0n) is 12.4. The number of alkyl halides is 3. The van der Waals surface area contributed by atoms with Crippen LogP contribution in [0.1, 0.15) is 18.4 Å². The van der Waals surface area contributed by atoms with Crippen LogP contribution in [-0.4, -0.2) is 55.3 Å². The Kier molecular flexibility index (Phi) is 4.54. The minimum Gasteiger partial charge on any atom is -0.381 e. The molecule has 3 rings (SSSR count). The van der Waals surface area contributed by atoms with Gasteiger partial charge < -0.3 is 9.64 Å². The molecular formula is C15H20F3N3O. The van der Waals surface area contributed by atoms with Gasteiger partial charge in [-0.05, 0) is 25.0 Å². The highest BCUT2D eigenvalue weighted by Crippen LogP contribution is 2.35. The number of rotatable bonds is 2. The van der Waals surface area contributed by atoms with Gasteiger partial charge in [0.15, 0.2) is 0 Å². The van der Waals surface area contributed by atoms with Crippen molar-refractivity contribution in [3.05, 3.63) is 23.9 Å². The van der Waals surface area contributed by atoms with E-state index < -0.39 is 11.7 Å². The van der Waals surface area contributed by atoms with Crippen LogP contribution in [0.3, 0.4) is 0 Å². The second-order valence-corrected chi connectivity index (χ2v) is 5.74. The van der Waals surface area contributed by atoms with Crippen LogP contribution in [0.2, 0.25) is 0 Å². The maximum atomic E-state index is 13.1. The van der Waals surface area contributed by atoms with E-state index in [0.29, 0.717) is 19.1 Å². The van der Waals surface area contributed by atoms with Crippen molar-refractivity contribution in [1.29, 1.82) is 0 Å². The number of ether oxygens (including phenoxy) is 1. The second-order valence-electron chi connectivity index (χ2n) is 5.74. The molecule has 1 aromatic heterocycles. The molecule has 0 aromatic carbocycles. The van der Waals surface area contributed by atoms with Gasteiger partial charge in [0.1, 0.15) is 5.82 Å². The van der Waals surface area contributed by atoms with Crippen LogP contribution < -0.4 is 4.90 Å². The summed E-state index contributed by atoms with van der Waals surface area (Å²) in [5.41, 5.74) is -0.644. The minimum absolute atomic E-state index is 0.0571.